The second-order valence-electron chi connectivity index (χ2n) is 3.19. The van der Waals surface area contributed by atoms with Crippen LogP contribution < -0.4 is 5.32 Å². The number of aromatic nitrogens is 1. The molecular weight excluding hydrogens is 267 g/mol. The third kappa shape index (κ3) is 2.38. The number of nitrogens with zero attached hydrogens (tertiary/aromatic N) is 1. The first-order valence-corrected chi connectivity index (χ1v) is 5.58. The molecule has 14 heavy (non-hydrogen) atoms. The zero-order valence-electron chi connectivity index (χ0n) is 7.46. The molecule has 1 unspecified atom stereocenters. The van der Waals surface area contributed by atoms with Crippen molar-refractivity contribution in [1.29, 1.82) is 0 Å². The highest BCUT2D eigenvalue weighted by molar-refractivity contribution is 9.10. The number of nitrogens with one attached hydrogen (secondary N) is 1. The SMILES string of the molecule is Clc1cnc(NC2CCOC2)c(Br)c1. The molecule has 1 aromatic rings. The van der Waals surface area contributed by atoms with Crippen molar-refractivity contribution in [2.75, 3.05) is 18.5 Å². The minimum Gasteiger partial charge on any atom is -0.379 e. The van der Waals surface area contributed by atoms with Crippen LogP contribution in [-0.4, -0.2) is 24.2 Å². The molecule has 1 fully saturated rings. The van der Waals surface area contributed by atoms with Crippen molar-refractivity contribution in [3.63, 3.8) is 0 Å². The van der Waals surface area contributed by atoms with E-state index in [0.717, 1.165) is 29.9 Å². The maximum atomic E-state index is 5.79. The molecule has 5 heteroatoms. The average molecular weight is 278 g/mol. The number of anilines is 1. The first-order valence-electron chi connectivity index (χ1n) is 4.41. The van der Waals surface area contributed by atoms with Crippen LogP contribution in [0.1, 0.15) is 6.42 Å². The summed E-state index contributed by atoms with van der Waals surface area (Å²) in [6.45, 7) is 1.57. The highest BCUT2D eigenvalue weighted by Crippen LogP contribution is 2.24. The molecule has 1 aliphatic heterocycles. The van der Waals surface area contributed by atoms with E-state index in [2.05, 4.69) is 26.2 Å². The van der Waals surface area contributed by atoms with Crippen LogP contribution in [0.25, 0.3) is 0 Å². The Labute approximate surface area is 95.9 Å². The lowest BCUT2D eigenvalue weighted by Crippen LogP contribution is -2.19. The van der Waals surface area contributed by atoms with E-state index in [0.29, 0.717) is 11.1 Å². The lowest BCUT2D eigenvalue weighted by molar-refractivity contribution is 0.195. The van der Waals surface area contributed by atoms with E-state index in [9.17, 15) is 0 Å². The van der Waals surface area contributed by atoms with E-state index in [4.69, 9.17) is 16.3 Å². The number of rotatable bonds is 2. The fraction of sp³-hybridized carbons (Fsp3) is 0.444. The van der Waals surface area contributed by atoms with Gasteiger partial charge in [0.05, 0.1) is 22.1 Å². The monoisotopic (exact) mass is 276 g/mol. The Morgan fingerprint density at radius 1 is 1.64 bits per heavy atom. The van der Waals surface area contributed by atoms with Crippen LogP contribution in [0.15, 0.2) is 16.7 Å². The van der Waals surface area contributed by atoms with Crippen molar-refractivity contribution in [3.05, 3.63) is 21.8 Å². The van der Waals surface area contributed by atoms with Gasteiger partial charge in [0.15, 0.2) is 0 Å². The zero-order valence-corrected chi connectivity index (χ0v) is 9.81. The summed E-state index contributed by atoms with van der Waals surface area (Å²) in [5.41, 5.74) is 0. The largest absolute Gasteiger partial charge is 0.379 e. The molecule has 0 radical (unpaired) electrons. The summed E-state index contributed by atoms with van der Waals surface area (Å²) in [7, 11) is 0. The van der Waals surface area contributed by atoms with Gasteiger partial charge in [-0.3, -0.25) is 0 Å². The second kappa shape index (κ2) is 4.47. The molecule has 0 amide bonds. The van der Waals surface area contributed by atoms with Crippen molar-refractivity contribution < 1.29 is 4.74 Å². The van der Waals surface area contributed by atoms with Gasteiger partial charge in [-0.1, -0.05) is 11.6 Å². The summed E-state index contributed by atoms with van der Waals surface area (Å²) in [6, 6.07) is 2.19. The Hall–Kier alpha value is -0.320. The number of halogens is 2. The van der Waals surface area contributed by atoms with Gasteiger partial charge in [0, 0.05) is 12.8 Å². The Kier molecular flexibility index (Phi) is 3.26. The van der Waals surface area contributed by atoms with E-state index in [1.165, 1.54) is 0 Å². The third-order valence-electron chi connectivity index (χ3n) is 2.08. The van der Waals surface area contributed by atoms with Gasteiger partial charge in [-0.05, 0) is 28.4 Å². The summed E-state index contributed by atoms with van der Waals surface area (Å²) >= 11 is 9.19. The summed E-state index contributed by atoms with van der Waals surface area (Å²) in [5, 5.41) is 3.92. The zero-order chi connectivity index (χ0) is 9.97. The average Bonchev–Trinajstić information content (AvgIpc) is 2.62. The molecule has 2 heterocycles. The predicted octanol–water partition coefficient (Wildman–Crippen LogP) is 2.70. The maximum absolute atomic E-state index is 5.79. The van der Waals surface area contributed by atoms with Gasteiger partial charge in [-0.15, -0.1) is 0 Å². The van der Waals surface area contributed by atoms with Crippen LogP contribution in [0, 0.1) is 0 Å². The molecule has 0 aliphatic carbocycles. The number of pyridine rings is 1. The van der Waals surface area contributed by atoms with E-state index < -0.39 is 0 Å². The van der Waals surface area contributed by atoms with E-state index in [-0.39, 0.29) is 0 Å². The molecule has 0 bridgehead atoms. The normalized spacial score (nSPS) is 21.1. The minimum atomic E-state index is 0.361. The Morgan fingerprint density at radius 3 is 3.14 bits per heavy atom. The van der Waals surface area contributed by atoms with Crippen LogP contribution in [0.4, 0.5) is 5.82 Å². The molecule has 76 valence electrons. The highest BCUT2D eigenvalue weighted by atomic mass is 79.9. The molecule has 0 aromatic carbocycles. The predicted molar refractivity (Wildman–Crippen MR) is 59.8 cm³/mol. The molecule has 1 aliphatic rings. The number of ether oxygens (including phenoxy) is 1. The van der Waals surface area contributed by atoms with Gasteiger partial charge in [0.2, 0.25) is 0 Å². The van der Waals surface area contributed by atoms with Gasteiger partial charge >= 0.3 is 0 Å². The Bertz CT molecular complexity index is 329. The van der Waals surface area contributed by atoms with E-state index in [1.807, 2.05) is 6.07 Å². The molecule has 1 aromatic heterocycles. The number of hydrogen-bond acceptors (Lipinski definition) is 3. The van der Waals surface area contributed by atoms with Crippen LogP contribution >= 0.6 is 27.5 Å². The first-order chi connectivity index (χ1) is 6.75. The first kappa shape index (κ1) is 10.2. The Balaban J connectivity index is 2.08. The highest BCUT2D eigenvalue weighted by Gasteiger charge is 2.16. The summed E-state index contributed by atoms with van der Waals surface area (Å²) in [4.78, 5) is 4.20. The molecular formula is C9H10BrClN2O. The lowest BCUT2D eigenvalue weighted by atomic mass is 10.2. The van der Waals surface area contributed by atoms with Gasteiger partial charge in [-0.25, -0.2) is 4.98 Å². The van der Waals surface area contributed by atoms with Crippen LogP contribution in [0.3, 0.4) is 0 Å². The van der Waals surface area contributed by atoms with Gasteiger partial charge in [0.1, 0.15) is 5.82 Å². The van der Waals surface area contributed by atoms with Crippen molar-refractivity contribution in [3.8, 4) is 0 Å². The van der Waals surface area contributed by atoms with Crippen molar-refractivity contribution in [2.45, 2.75) is 12.5 Å². The smallest absolute Gasteiger partial charge is 0.140 e. The second-order valence-corrected chi connectivity index (χ2v) is 4.48. The van der Waals surface area contributed by atoms with E-state index in [1.54, 1.807) is 6.20 Å². The fourth-order valence-electron chi connectivity index (χ4n) is 1.36. The number of hydrogen-bond donors (Lipinski definition) is 1. The topological polar surface area (TPSA) is 34.2 Å². The molecule has 1 atom stereocenters. The summed E-state index contributed by atoms with van der Waals surface area (Å²) in [6.07, 6.45) is 2.65. The van der Waals surface area contributed by atoms with Crippen LogP contribution in [-0.2, 0) is 4.74 Å². The van der Waals surface area contributed by atoms with Gasteiger partial charge in [-0.2, -0.15) is 0 Å². The molecule has 1 N–H and O–H groups in total. The van der Waals surface area contributed by atoms with E-state index >= 15 is 0 Å². The molecule has 3 nitrogen and oxygen atoms in total. The lowest BCUT2D eigenvalue weighted by Gasteiger charge is -2.12. The van der Waals surface area contributed by atoms with Crippen LogP contribution in [0.2, 0.25) is 5.02 Å². The van der Waals surface area contributed by atoms with Crippen molar-refractivity contribution in [2.24, 2.45) is 0 Å². The standard InChI is InChI=1S/C9H10BrClN2O/c10-8-3-6(11)4-12-9(8)13-7-1-2-14-5-7/h3-4,7H,1-2,5H2,(H,12,13). The maximum Gasteiger partial charge on any atom is 0.140 e. The molecule has 0 spiro atoms. The quantitative estimate of drug-likeness (QED) is 0.902. The van der Waals surface area contributed by atoms with Crippen LogP contribution in [0.5, 0.6) is 0 Å². The van der Waals surface area contributed by atoms with Crippen molar-refractivity contribution >= 4 is 33.3 Å². The molecule has 1 saturated heterocycles. The van der Waals surface area contributed by atoms with Gasteiger partial charge < -0.3 is 10.1 Å². The molecule has 0 saturated carbocycles. The van der Waals surface area contributed by atoms with Gasteiger partial charge in [0.25, 0.3) is 0 Å². The molecule has 2 rings (SSSR count). The third-order valence-corrected chi connectivity index (χ3v) is 2.89. The van der Waals surface area contributed by atoms with Crippen molar-refractivity contribution in [1.82, 2.24) is 4.98 Å². The fourth-order valence-corrected chi connectivity index (χ4v) is 2.12. The Morgan fingerprint density at radius 2 is 2.50 bits per heavy atom. The summed E-state index contributed by atoms with van der Waals surface area (Å²) < 4.78 is 6.15. The summed E-state index contributed by atoms with van der Waals surface area (Å²) in [5.74, 6) is 0.824. The minimum absolute atomic E-state index is 0.361.